The first-order valence-electron chi connectivity index (χ1n) is 7.10. The molecule has 1 N–H and O–H groups in total. The molecule has 2 rings (SSSR count). The normalized spacial score (nSPS) is 10.8. The molecule has 0 unspecified atom stereocenters. The number of alkyl halides is 2. The Morgan fingerprint density at radius 1 is 1.21 bits per heavy atom. The number of nitrogens with one attached hydrogen (secondary N) is 1. The van der Waals surface area contributed by atoms with Crippen molar-refractivity contribution in [2.45, 2.75) is 13.5 Å². The molecule has 24 heavy (non-hydrogen) atoms. The van der Waals surface area contributed by atoms with Gasteiger partial charge in [-0.2, -0.15) is 8.78 Å². The highest BCUT2D eigenvalue weighted by molar-refractivity contribution is 5.91. The van der Waals surface area contributed by atoms with E-state index in [0.717, 1.165) is 5.56 Å². The van der Waals surface area contributed by atoms with Gasteiger partial charge in [-0.15, -0.1) is 0 Å². The zero-order chi connectivity index (χ0) is 17.4. The number of oxime groups is 1. The van der Waals surface area contributed by atoms with Crippen LogP contribution in [0.2, 0.25) is 0 Å². The fraction of sp³-hybridized carbons (Fsp3) is 0.176. The first kappa shape index (κ1) is 17.4. The second-order valence-electron chi connectivity index (χ2n) is 4.84. The van der Waals surface area contributed by atoms with Crippen LogP contribution in [-0.4, -0.2) is 25.3 Å². The van der Waals surface area contributed by atoms with Gasteiger partial charge in [0.15, 0.2) is 6.61 Å². The summed E-state index contributed by atoms with van der Waals surface area (Å²) in [5.41, 5.74) is 2.05. The molecule has 0 atom stereocenters. The lowest BCUT2D eigenvalue weighted by Gasteiger charge is -2.07. The number of hydrogen-bond donors (Lipinski definition) is 1. The van der Waals surface area contributed by atoms with Crippen LogP contribution >= 0.6 is 0 Å². The average Bonchev–Trinajstić information content (AvgIpc) is 2.55. The molecular weight excluding hydrogens is 318 g/mol. The predicted molar refractivity (Wildman–Crippen MR) is 86.4 cm³/mol. The largest absolute Gasteiger partial charge is 0.434 e. The van der Waals surface area contributed by atoms with Gasteiger partial charge in [0.2, 0.25) is 0 Å². The molecule has 0 aliphatic carbocycles. The number of hydrogen-bond acceptors (Lipinski definition) is 4. The van der Waals surface area contributed by atoms with E-state index in [4.69, 9.17) is 4.84 Å². The van der Waals surface area contributed by atoms with Gasteiger partial charge >= 0.3 is 6.61 Å². The molecule has 0 bridgehead atoms. The monoisotopic (exact) mass is 334 g/mol. The molecule has 1 amide bonds. The van der Waals surface area contributed by atoms with Gasteiger partial charge < -0.3 is 14.9 Å². The molecule has 2 aromatic rings. The minimum atomic E-state index is -2.93. The zero-order valence-electron chi connectivity index (χ0n) is 12.9. The minimum absolute atomic E-state index is 0.0241. The van der Waals surface area contributed by atoms with Crippen LogP contribution in [0.15, 0.2) is 53.7 Å². The van der Waals surface area contributed by atoms with Crippen molar-refractivity contribution in [1.29, 1.82) is 0 Å². The molecule has 0 fully saturated rings. The van der Waals surface area contributed by atoms with Crippen molar-refractivity contribution in [3.05, 3.63) is 59.7 Å². The van der Waals surface area contributed by atoms with Gasteiger partial charge in [0.1, 0.15) is 5.75 Å². The quantitative estimate of drug-likeness (QED) is 0.622. The van der Waals surface area contributed by atoms with Crippen LogP contribution in [0.25, 0.3) is 0 Å². The number of rotatable bonds is 7. The van der Waals surface area contributed by atoms with E-state index in [1.165, 1.54) is 18.3 Å². The molecule has 7 heteroatoms. The van der Waals surface area contributed by atoms with E-state index in [1.807, 2.05) is 19.1 Å². The third-order valence-electron chi connectivity index (χ3n) is 2.93. The molecule has 0 radical (unpaired) electrons. The number of amides is 1. The number of ether oxygens (including phenoxy) is 1. The molecule has 2 aromatic carbocycles. The predicted octanol–water partition coefficient (Wildman–Crippen LogP) is 3.59. The number of carbonyl (C=O) groups excluding carboxylic acids is 1. The van der Waals surface area contributed by atoms with Crippen molar-refractivity contribution in [2.75, 3.05) is 11.9 Å². The standard InChI is InChI=1S/C17H16F2N2O3/c1-12-6-8-14(9-7-12)21-16(22)11-23-20-10-13-4-2-3-5-15(13)24-17(18)19/h2-10,17H,11H2,1H3,(H,21,22)/b20-10-. The highest BCUT2D eigenvalue weighted by Gasteiger charge is 2.07. The lowest BCUT2D eigenvalue weighted by atomic mass is 10.2. The molecule has 126 valence electrons. The number of halogens is 2. The van der Waals surface area contributed by atoms with Crippen LogP contribution in [0.5, 0.6) is 5.75 Å². The van der Waals surface area contributed by atoms with Gasteiger partial charge in [0, 0.05) is 11.3 Å². The first-order valence-corrected chi connectivity index (χ1v) is 7.10. The van der Waals surface area contributed by atoms with Crippen LogP contribution in [0.4, 0.5) is 14.5 Å². The van der Waals surface area contributed by atoms with Gasteiger partial charge in [0.05, 0.1) is 6.21 Å². The minimum Gasteiger partial charge on any atom is -0.434 e. The Bertz CT molecular complexity index is 703. The van der Waals surface area contributed by atoms with Crippen molar-refractivity contribution in [2.24, 2.45) is 5.16 Å². The topological polar surface area (TPSA) is 59.9 Å². The number of nitrogens with zero attached hydrogens (tertiary/aromatic N) is 1. The average molecular weight is 334 g/mol. The lowest BCUT2D eigenvalue weighted by molar-refractivity contribution is -0.120. The van der Waals surface area contributed by atoms with Gasteiger partial charge in [-0.1, -0.05) is 35.0 Å². The lowest BCUT2D eigenvalue weighted by Crippen LogP contribution is -2.16. The number of benzene rings is 2. The molecule has 0 saturated heterocycles. The maximum Gasteiger partial charge on any atom is 0.387 e. The molecule has 0 spiro atoms. The maximum absolute atomic E-state index is 12.3. The summed E-state index contributed by atoms with van der Waals surface area (Å²) < 4.78 is 28.9. The Labute approximate surface area is 137 Å². The van der Waals surface area contributed by atoms with Crippen molar-refractivity contribution >= 4 is 17.8 Å². The number of carbonyl (C=O) groups is 1. The van der Waals surface area contributed by atoms with E-state index in [1.54, 1.807) is 24.3 Å². The maximum atomic E-state index is 12.3. The fourth-order valence-corrected chi connectivity index (χ4v) is 1.81. The molecule has 0 aromatic heterocycles. The van der Waals surface area contributed by atoms with E-state index in [2.05, 4.69) is 15.2 Å². The molecular formula is C17H16F2N2O3. The van der Waals surface area contributed by atoms with E-state index in [-0.39, 0.29) is 18.3 Å². The fourth-order valence-electron chi connectivity index (χ4n) is 1.81. The summed E-state index contributed by atoms with van der Waals surface area (Å²) >= 11 is 0. The van der Waals surface area contributed by atoms with E-state index in [0.29, 0.717) is 11.3 Å². The summed E-state index contributed by atoms with van der Waals surface area (Å²) in [6, 6.07) is 13.4. The second kappa shape index (κ2) is 8.61. The van der Waals surface area contributed by atoms with Gasteiger partial charge in [0.25, 0.3) is 5.91 Å². The number of para-hydroxylation sites is 1. The van der Waals surface area contributed by atoms with Gasteiger partial charge in [-0.3, -0.25) is 4.79 Å². The third kappa shape index (κ3) is 5.68. The Kier molecular flexibility index (Phi) is 6.24. The number of anilines is 1. The van der Waals surface area contributed by atoms with E-state index >= 15 is 0 Å². The Morgan fingerprint density at radius 3 is 2.62 bits per heavy atom. The van der Waals surface area contributed by atoms with E-state index < -0.39 is 6.61 Å². The van der Waals surface area contributed by atoms with Crippen molar-refractivity contribution in [3.63, 3.8) is 0 Å². The van der Waals surface area contributed by atoms with Gasteiger partial charge in [-0.05, 0) is 31.2 Å². The highest BCUT2D eigenvalue weighted by atomic mass is 19.3. The van der Waals surface area contributed by atoms with E-state index in [9.17, 15) is 13.6 Å². The second-order valence-corrected chi connectivity index (χ2v) is 4.84. The molecule has 0 aliphatic rings. The SMILES string of the molecule is Cc1ccc(NC(=O)CO/N=C\c2ccccc2OC(F)F)cc1. The summed E-state index contributed by atoms with van der Waals surface area (Å²) in [6.45, 7) is -1.29. The molecule has 0 aliphatic heterocycles. The van der Waals surface area contributed by atoms with Gasteiger partial charge in [-0.25, -0.2) is 0 Å². The van der Waals surface area contributed by atoms with Crippen LogP contribution in [0, 0.1) is 6.92 Å². The third-order valence-corrected chi connectivity index (χ3v) is 2.93. The summed E-state index contributed by atoms with van der Waals surface area (Å²) in [4.78, 5) is 16.6. The highest BCUT2D eigenvalue weighted by Crippen LogP contribution is 2.18. The Hall–Kier alpha value is -2.96. The van der Waals surface area contributed by atoms with Crippen molar-refractivity contribution < 1.29 is 23.1 Å². The van der Waals surface area contributed by atoms with Crippen molar-refractivity contribution in [3.8, 4) is 5.75 Å². The zero-order valence-corrected chi connectivity index (χ0v) is 12.9. The Balaban J connectivity index is 1.84. The molecule has 0 heterocycles. The summed E-state index contributed by atoms with van der Waals surface area (Å²) in [7, 11) is 0. The summed E-state index contributed by atoms with van der Waals surface area (Å²) in [5, 5.41) is 6.24. The molecule has 5 nitrogen and oxygen atoms in total. The first-order chi connectivity index (χ1) is 11.5. The van der Waals surface area contributed by atoms with Crippen LogP contribution in [0.1, 0.15) is 11.1 Å². The Morgan fingerprint density at radius 2 is 1.92 bits per heavy atom. The summed E-state index contributed by atoms with van der Waals surface area (Å²) in [6.07, 6.45) is 1.21. The van der Waals surface area contributed by atoms with Crippen molar-refractivity contribution in [1.82, 2.24) is 0 Å². The van der Waals surface area contributed by atoms with Crippen LogP contribution < -0.4 is 10.1 Å². The van der Waals surface area contributed by atoms with Crippen LogP contribution in [0.3, 0.4) is 0 Å². The number of aryl methyl sites for hydroxylation is 1. The summed E-state index contributed by atoms with van der Waals surface area (Å²) in [5.74, 6) is -0.405. The van der Waals surface area contributed by atoms with Crippen LogP contribution in [-0.2, 0) is 9.63 Å². The molecule has 0 saturated carbocycles. The smallest absolute Gasteiger partial charge is 0.387 e.